The first kappa shape index (κ1) is 35.3. The Morgan fingerprint density at radius 3 is 2.49 bits per heavy atom. The maximum atomic E-state index is 14.4. The van der Waals surface area contributed by atoms with E-state index in [0.717, 1.165) is 36.8 Å². The van der Waals surface area contributed by atoms with Gasteiger partial charge in [0.05, 0.1) is 12.2 Å². The largest absolute Gasteiger partial charge is 0.511 e. The van der Waals surface area contributed by atoms with E-state index in [9.17, 15) is 28.7 Å². The number of aromatic nitrogens is 3. The summed E-state index contributed by atoms with van der Waals surface area (Å²) < 4.78 is 30.9. The molecule has 3 aromatic carbocycles. The quantitative estimate of drug-likeness (QED) is 0.105. The number of carbonyl (C=O) groups excluding carboxylic acids is 3. The van der Waals surface area contributed by atoms with Crippen molar-refractivity contribution in [3.8, 4) is 16.8 Å². The Morgan fingerprint density at radius 2 is 1.78 bits per heavy atom. The topological polar surface area (TPSA) is 165 Å². The molecule has 13 nitrogen and oxygen atoms in total. The number of H-pyrrole nitrogens is 1. The number of amides is 1. The summed E-state index contributed by atoms with van der Waals surface area (Å²) in [5.74, 6) is -2.77. The predicted octanol–water partition coefficient (Wildman–Crippen LogP) is 4.90. The highest BCUT2D eigenvalue weighted by molar-refractivity contribution is 6.30. The van der Waals surface area contributed by atoms with Gasteiger partial charge in [0.25, 0.3) is 0 Å². The molecule has 0 aliphatic heterocycles. The lowest BCUT2D eigenvalue weighted by molar-refractivity contribution is -0.179. The summed E-state index contributed by atoms with van der Waals surface area (Å²) in [6, 6.07) is 19.3. The lowest BCUT2D eigenvalue weighted by Crippen LogP contribution is -2.48. The maximum Gasteiger partial charge on any atom is 0.511 e. The molecule has 1 saturated carbocycles. The van der Waals surface area contributed by atoms with Crippen molar-refractivity contribution in [3.05, 3.63) is 106 Å². The fourth-order valence-corrected chi connectivity index (χ4v) is 5.45. The van der Waals surface area contributed by atoms with E-state index >= 15 is 0 Å². The minimum atomic E-state index is -1.82. The van der Waals surface area contributed by atoms with Gasteiger partial charge in [-0.3, -0.25) is 15.2 Å². The second-order valence-corrected chi connectivity index (χ2v) is 11.9. The van der Waals surface area contributed by atoms with Crippen LogP contribution in [0, 0.1) is 5.82 Å². The number of hydrogen-bond acceptors (Lipinski definition) is 10. The summed E-state index contributed by atoms with van der Waals surface area (Å²) >= 11 is 6.05. The van der Waals surface area contributed by atoms with E-state index in [1.165, 1.54) is 30.1 Å². The van der Waals surface area contributed by atoms with E-state index in [2.05, 4.69) is 15.5 Å². The number of nitrogens with zero attached hydrogens (tertiary/aromatic N) is 3. The number of aliphatic hydroxyl groups excluding tert-OH is 1. The molecule has 0 saturated heterocycles. The summed E-state index contributed by atoms with van der Waals surface area (Å²) in [4.78, 5) is 53.1. The number of aliphatic hydroxyl groups is 1. The van der Waals surface area contributed by atoms with Gasteiger partial charge < -0.3 is 19.3 Å². The molecule has 1 aliphatic rings. The molecule has 258 valence electrons. The highest BCUT2D eigenvalue weighted by atomic mass is 35.5. The van der Waals surface area contributed by atoms with Crippen molar-refractivity contribution in [1.82, 2.24) is 25.2 Å². The second kappa shape index (κ2) is 16.4. The minimum Gasteiger partial charge on any atom is -0.431 e. The van der Waals surface area contributed by atoms with Gasteiger partial charge >= 0.3 is 23.7 Å². The van der Waals surface area contributed by atoms with E-state index in [1.807, 2.05) is 0 Å². The molecule has 49 heavy (non-hydrogen) atoms. The van der Waals surface area contributed by atoms with Gasteiger partial charge in [-0.2, -0.15) is 4.68 Å². The molecule has 2 unspecified atom stereocenters. The van der Waals surface area contributed by atoms with Crippen molar-refractivity contribution in [1.29, 1.82) is 0 Å². The molecule has 1 heterocycles. The van der Waals surface area contributed by atoms with Crippen LogP contribution < -0.4 is 11.1 Å². The number of hydrazine groups is 1. The van der Waals surface area contributed by atoms with Crippen LogP contribution in [0.15, 0.2) is 77.6 Å². The Morgan fingerprint density at radius 1 is 1.06 bits per heavy atom. The Kier molecular flexibility index (Phi) is 11.8. The maximum absolute atomic E-state index is 14.4. The number of rotatable bonds is 12. The van der Waals surface area contributed by atoms with Gasteiger partial charge in [0.2, 0.25) is 12.1 Å². The van der Waals surface area contributed by atoms with Crippen LogP contribution in [0.25, 0.3) is 16.8 Å². The van der Waals surface area contributed by atoms with Crippen LogP contribution in [0.4, 0.5) is 9.18 Å². The van der Waals surface area contributed by atoms with Crippen LogP contribution in [0.5, 0.6) is 0 Å². The lowest BCUT2D eigenvalue weighted by Gasteiger charge is -2.25. The molecule has 0 spiro atoms. The molecule has 1 fully saturated rings. The number of benzene rings is 3. The first-order valence-corrected chi connectivity index (χ1v) is 16.0. The summed E-state index contributed by atoms with van der Waals surface area (Å²) in [7, 11) is 0. The zero-order chi connectivity index (χ0) is 34.9. The Bertz CT molecular complexity index is 1810. The van der Waals surface area contributed by atoms with Crippen molar-refractivity contribution >= 4 is 29.6 Å². The molecule has 3 N–H and O–H groups in total. The Balaban J connectivity index is 1.27. The van der Waals surface area contributed by atoms with E-state index in [0.29, 0.717) is 27.4 Å². The molecular weight excluding hydrogens is 661 g/mol. The monoisotopic (exact) mass is 695 g/mol. The van der Waals surface area contributed by atoms with Crippen molar-refractivity contribution < 1.29 is 38.1 Å². The fourth-order valence-electron chi connectivity index (χ4n) is 5.28. The van der Waals surface area contributed by atoms with Gasteiger partial charge in [-0.15, -0.1) is 5.10 Å². The number of nitrogens with one attached hydrogen (secondary N) is 2. The minimum absolute atomic E-state index is 0.0578. The van der Waals surface area contributed by atoms with Gasteiger partial charge in [0.1, 0.15) is 11.9 Å². The molecule has 1 amide bonds. The van der Waals surface area contributed by atoms with Crippen LogP contribution in [-0.4, -0.2) is 68.0 Å². The lowest BCUT2D eigenvalue weighted by atomic mass is 9.98. The number of hydrogen-bond donors (Lipinski definition) is 3. The third-order valence-corrected chi connectivity index (χ3v) is 7.92. The zero-order valence-corrected chi connectivity index (χ0v) is 27.3. The summed E-state index contributed by atoms with van der Waals surface area (Å²) in [5.41, 5.74) is 3.74. The molecule has 2 atom stereocenters. The number of ether oxygens (including phenoxy) is 3. The molecular formula is C34H35ClFN5O8. The van der Waals surface area contributed by atoms with E-state index < -0.39 is 48.5 Å². The van der Waals surface area contributed by atoms with Crippen molar-refractivity contribution in [3.63, 3.8) is 0 Å². The van der Waals surface area contributed by atoms with Crippen LogP contribution >= 0.6 is 11.6 Å². The van der Waals surface area contributed by atoms with Crippen LogP contribution in [-0.2, 0) is 25.5 Å². The number of halogens is 2. The van der Waals surface area contributed by atoms with Crippen LogP contribution in [0.2, 0.25) is 5.02 Å². The molecule has 0 radical (unpaired) electrons. The van der Waals surface area contributed by atoms with Crippen LogP contribution in [0.3, 0.4) is 0 Å². The molecule has 4 aromatic rings. The van der Waals surface area contributed by atoms with Gasteiger partial charge in [-0.1, -0.05) is 60.5 Å². The number of carbonyl (C=O) groups is 3. The normalized spacial score (nSPS) is 14.6. The first-order valence-electron chi connectivity index (χ1n) is 15.7. The van der Waals surface area contributed by atoms with Crippen molar-refractivity contribution in [2.75, 3.05) is 6.54 Å². The van der Waals surface area contributed by atoms with Gasteiger partial charge in [0, 0.05) is 24.1 Å². The van der Waals surface area contributed by atoms with Crippen LogP contribution in [0.1, 0.15) is 55.2 Å². The van der Waals surface area contributed by atoms with E-state index in [-0.39, 0.29) is 18.5 Å². The third kappa shape index (κ3) is 9.75. The first-order chi connectivity index (χ1) is 23.5. The molecule has 15 heteroatoms. The van der Waals surface area contributed by atoms with Crippen molar-refractivity contribution in [2.24, 2.45) is 0 Å². The Labute approximate surface area is 285 Å². The average Bonchev–Trinajstić information content (AvgIpc) is 3.48. The van der Waals surface area contributed by atoms with E-state index in [1.54, 1.807) is 54.6 Å². The highest BCUT2D eigenvalue weighted by Crippen LogP contribution is 2.26. The molecule has 5 rings (SSSR count). The summed E-state index contributed by atoms with van der Waals surface area (Å²) in [6.07, 6.45) is -0.0287. The Hall–Kier alpha value is -5.05. The smallest absolute Gasteiger partial charge is 0.431 e. The molecule has 0 bridgehead atoms. The number of aromatic amines is 1. The van der Waals surface area contributed by atoms with Gasteiger partial charge in [-0.25, -0.2) is 23.8 Å². The molecule has 1 aromatic heterocycles. The van der Waals surface area contributed by atoms with Gasteiger partial charge in [0.15, 0.2) is 6.10 Å². The highest BCUT2D eigenvalue weighted by Gasteiger charge is 2.27. The number of esters is 1. The van der Waals surface area contributed by atoms with Crippen molar-refractivity contribution in [2.45, 2.75) is 64.1 Å². The SMILES string of the molecule is CC(OC(=O)OC1CCCCC1)OC(=O)C(O)CN(Cc1ccc(-c2cc(Cl)ccc2F)cc1)NC(=O)c1nn(-c2ccccc2)c(=O)[nH]1. The predicted molar refractivity (Wildman–Crippen MR) is 175 cm³/mol. The summed E-state index contributed by atoms with van der Waals surface area (Å²) in [6.45, 7) is 0.756. The molecule has 1 aliphatic carbocycles. The van der Waals surface area contributed by atoms with Gasteiger partial charge in [-0.05, 0) is 67.1 Å². The second-order valence-electron chi connectivity index (χ2n) is 11.4. The van der Waals surface area contributed by atoms with E-state index in [4.69, 9.17) is 25.8 Å². The standard InChI is InChI=1S/C34H35ClFN5O8/c1-21(48-34(46)49-26-10-6-3-7-11-26)47-32(44)29(42)20-40(19-22-12-14-23(15-13-22)27-18-24(35)16-17-28(27)36)39-31(43)30-37-33(45)41(38-30)25-8-4-2-5-9-25/h2,4-5,8-9,12-18,21,26,29,42H,3,6-7,10-11,19-20H2,1H3,(H,39,43)(H,37,38,45). The average molecular weight is 696 g/mol. The zero-order valence-electron chi connectivity index (χ0n) is 26.5. The third-order valence-electron chi connectivity index (χ3n) is 7.68. The fraction of sp³-hybridized carbons (Fsp3) is 0.324. The summed E-state index contributed by atoms with van der Waals surface area (Å²) in [5, 5.41) is 16.4. The number of para-hydroxylation sites is 1.